The van der Waals surface area contributed by atoms with Gasteiger partial charge in [0.1, 0.15) is 6.61 Å². The lowest BCUT2D eigenvalue weighted by molar-refractivity contribution is 0.301. The molecule has 2 N–H and O–H groups in total. The lowest BCUT2D eigenvalue weighted by atomic mass is 10.2. The summed E-state index contributed by atoms with van der Waals surface area (Å²) in [7, 11) is 0. The Morgan fingerprint density at radius 2 is 2.33 bits per heavy atom. The zero-order chi connectivity index (χ0) is 13.1. The number of aromatic nitrogens is 1. The van der Waals surface area contributed by atoms with Gasteiger partial charge >= 0.3 is 0 Å². The van der Waals surface area contributed by atoms with Crippen LogP contribution in [0.25, 0.3) is 0 Å². The number of nitrogens with two attached hydrogens (primary N) is 1. The van der Waals surface area contributed by atoms with Crippen molar-refractivity contribution in [2.75, 3.05) is 5.73 Å². The Hall–Kier alpha value is -1.33. The van der Waals surface area contributed by atoms with Crippen LogP contribution in [0.15, 0.2) is 17.5 Å². The molecule has 0 amide bonds. The van der Waals surface area contributed by atoms with E-state index in [2.05, 4.69) is 33.6 Å². The second-order valence-corrected chi connectivity index (χ2v) is 5.86. The first kappa shape index (κ1) is 13.1. The molecular weight excluding hydrogens is 361 g/mol. The van der Waals surface area contributed by atoms with Gasteiger partial charge in [-0.25, -0.2) is 4.98 Å². The quantitative estimate of drug-likeness (QED) is 0.665. The highest BCUT2D eigenvalue weighted by atomic mass is 127. The number of hydrogen-bond acceptors (Lipinski definition) is 5. The van der Waals surface area contributed by atoms with Gasteiger partial charge < -0.3 is 10.5 Å². The molecule has 1 aromatic heterocycles. The summed E-state index contributed by atoms with van der Waals surface area (Å²) < 4.78 is 6.50. The van der Waals surface area contributed by atoms with Crippen molar-refractivity contribution < 1.29 is 4.74 Å². The van der Waals surface area contributed by atoms with Gasteiger partial charge in [0.25, 0.3) is 0 Å². The van der Waals surface area contributed by atoms with E-state index in [0.29, 0.717) is 23.6 Å². The van der Waals surface area contributed by atoms with Gasteiger partial charge in [0.05, 0.1) is 31.6 Å². The van der Waals surface area contributed by atoms with E-state index in [1.54, 1.807) is 23.5 Å². The molecule has 0 bridgehead atoms. The number of aryl methyl sites for hydroxylation is 1. The average molecular weight is 371 g/mol. The Labute approximate surface area is 123 Å². The van der Waals surface area contributed by atoms with Crippen LogP contribution in [0, 0.1) is 21.8 Å². The molecule has 0 fully saturated rings. The van der Waals surface area contributed by atoms with E-state index in [4.69, 9.17) is 15.7 Å². The lowest BCUT2D eigenvalue weighted by Crippen LogP contribution is -2.01. The van der Waals surface area contributed by atoms with Crippen LogP contribution in [0.2, 0.25) is 0 Å². The molecule has 0 aliphatic heterocycles. The van der Waals surface area contributed by atoms with E-state index in [9.17, 15) is 0 Å². The summed E-state index contributed by atoms with van der Waals surface area (Å²) in [6.07, 6.45) is 0. The molecule has 1 aromatic carbocycles. The highest BCUT2D eigenvalue weighted by Crippen LogP contribution is 2.30. The van der Waals surface area contributed by atoms with E-state index >= 15 is 0 Å². The van der Waals surface area contributed by atoms with E-state index < -0.39 is 0 Å². The van der Waals surface area contributed by atoms with Gasteiger partial charge in [-0.1, -0.05) is 0 Å². The average Bonchev–Trinajstić information content (AvgIpc) is 2.73. The predicted octanol–water partition coefficient (Wildman–Crippen LogP) is 3.09. The molecule has 2 aromatic rings. The van der Waals surface area contributed by atoms with Crippen molar-refractivity contribution in [2.45, 2.75) is 13.5 Å². The van der Waals surface area contributed by atoms with Crippen LogP contribution in [0.5, 0.6) is 5.75 Å². The van der Waals surface area contributed by atoms with Crippen LogP contribution in [0.4, 0.5) is 5.69 Å². The van der Waals surface area contributed by atoms with Crippen LogP contribution < -0.4 is 10.5 Å². The molecule has 0 aliphatic rings. The Morgan fingerprint density at radius 3 is 2.89 bits per heavy atom. The standard InChI is InChI=1S/C12H10IN3OS/c1-7-16-9(6-18-7)5-17-12-10(13)2-8(4-14)3-11(12)15/h2-3,6H,5,15H2,1H3. The summed E-state index contributed by atoms with van der Waals surface area (Å²) in [5.74, 6) is 0.611. The zero-order valence-electron chi connectivity index (χ0n) is 9.61. The van der Waals surface area contributed by atoms with Crippen LogP contribution in [0.1, 0.15) is 16.3 Å². The number of nitriles is 1. The smallest absolute Gasteiger partial charge is 0.156 e. The first-order valence-corrected chi connectivity index (χ1v) is 7.09. The molecule has 1 heterocycles. The van der Waals surface area contributed by atoms with Crippen LogP contribution >= 0.6 is 33.9 Å². The van der Waals surface area contributed by atoms with E-state index in [1.165, 1.54) is 0 Å². The van der Waals surface area contributed by atoms with Gasteiger partial charge in [0.15, 0.2) is 5.75 Å². The van der Waals surface area contributed by atoms with Gasteiger partial charge in [-0.3, -0.25) is 0 Å². The fourth-order valence-corrected chi connectivity index (χ4v) is 2.85. The third-order valence-corrected chi connectivity index (χ3v) is 3.86. The molecule has 0 saturated heterocycles. The summed E-state index contributed by atoms with van der Waals surface area (Å²) in [5, 5.41) is 11.8. The molecule has 0 aliphatic carbocycles. The number of ether oxygens (including phenoxy) is 1. The zero-order valence-corrected chi connectivity index (χ0v) is 12.6. The minimum absolute atomic E-state index is 0.385. The maximum Gasteiger partial charge on any atom is 0.156 e. The maximum atomic E-state index is 8.83. The van der Waals surface area contributed by atoms with Gasteiger partial charge in [0.2, 0.25) is 0 Å². The Morgan fingerprint density at radius 1 is 1.56 bits per heavy atom. The van der Waals surface area contributed by atoms with Crippen molar-refractivity contribution >= 4 is 39.6 Å². The van der Waals surface area contributed by atoms with E-state index in [1.807, 2.05) is 12.3 Å². The first-order valence-electron chi connectivity index (χ1n) is 5.13. The van der Waals surface area contributed by atoms with Crippen LogP contribution in [-0.4, -0.2) is 4.98 Å². The molecule has 0 radical (unpaired) electrons. The number of hydrogen-bond donors (Lipinski definition) is 1. The molecule has 0 spiro atoms. The molecule has 6 heteroatoms. The number of rotatable bonds is 3. The van der Waals surface area contributed by atoms with Gasteiger partial charge in [-0.15, -0.1) is 11.3 Å². The Bertz CT molecular complexity index is 595. The third kappa shape index (κ3) is 2.91. The number of thiazole rings is 1. The molecular formula is C12H10IN3OS. The summed E-state index contributed by atoms with van der Waals surface area (Å²) in [4.78, 5) is 4.32. The van der Waals surface area contributed by atoms with Gasteiger partial charge in [-0.05, 0) is 41.6 Å². The summed E-state index contributed by atoms with van der Waals surface area (Å²) in [6, 6.07) is 5.43. The van der Waals surface area contributed by atoms with Gasteiger partial charge in [0, 0.05) is 5.38 Å². The summed E-state index contributed by atoms with van der Waals surface area (Å²) in [6.45, 7) is 2.34. The SMILES string of the molecule is Cc1nc(COc2c(N)cc(C#N)cc2I)cs1. The molecule has 4 nitrogen and oxygen atoms in total. The Balaban J connectivity index is 2.17. The summed E-state index contributed by atoms with van der Waals surface area (Å²) in [5.41, 5.74) is 7.77. The van der Waals surface area contributed by atoms with Crippen molar-refractivity contribution in [3.8, 4) is 11.8 Å². The van der Waals surface area contributed by atoms with Crippen molar-refractivity contribution in [2.24, 2.45) is 0 Å². The van der Waals surface area contributed by atoms with E-state index in [-0.39, 0.29) is 0 Å². The highest BCUT2D eigenvalue weighted by molar-refractivity contribution is 14.1. The lowest BCUT2D eigenvalue weighted by Gasteiger charge is -2.10. The fraction of sp³-hybridized carbons (Fsp3) is 0.167. The summed E-state index contributed by atoms with van der Waals surface area (Å²) >= 11 is 3.70. The number of benzene rings is 1. The minimum atomic E-state index is 0.385. The fourth-order valence-electron chi connectivity index (χ4n) is 1.45. The normalized spacial score (nSPS) is 10.1. The van der Waals surface area contributed by atoms with Crippen molar-refractivity contribution in [3.05, 3.63) is 37.3 Å². The number of anilines is 1. The largest absolute Gasteiger partial charge is 0.484 e. The number of nitrogen functional groups attached to an aromatic ring is 1. The molecule has 2 rings (SSSR count). The van der Waals surface area contributed by atoms with Gasteiger partial charge in [-0.2, -0.15) is 5.26 Å². The second kappa shape index (κ2) is 5.54. The van der Waals surface area contributed by atoms with Crippen molar-refractivity contribution in [1.82, 2.24) is 4.98 Å². The maximum absolute atomic E-state index is 8.83. The Kier molecular flexibility index (Phi) is 4.04. The van der Waals surface area contributed by atoms with Crippen LogP contribution in [-0.2, 0) is 6.61 Å². The number of halogens is 1. The molecule has 0 saturated carbocycles. The van der Waals surface area contributed by atoms with E-state index in [0.717, 1.165) is 14.3 Å². The third-order valence-electron chi connectivity index (χ3n) is 2.23. The molecule has 92 valence electrons. The highest BCUT2D eigenvalue weighted by Gasteiger charge is 2.09. The van der Waals surface area contributed by atoms with Crippen molar-refractivity contribution in [1.29, 1.82) is 5.26 Å². The topological polar surface area (TPSA) is 71.9 Å². The molecule has 18 heavy (non-hydrogen) atoms. The first-order chi connectivity index (χ1) is 8.60. The molecule has 0 atom stereocenters. The van der Waals surface area contributed by atoms with Crippen molar-refractivity contribution in [3.63, 3.8) is 0 Å². The minimum Gasteiger partial charge on any atom is -0.484 e. The predicted molar refractivity (Wildman–Crippen MR) is 79.5 cm³/mol. The second-order valence-electron chi connectivity index (χ2n) is 3.63. The molecule has 0 unspecified atom stereocenters. The monoisotopic (exact) mass is 371 g/mol. The van der Waals surface area contributed by atoms with Crippen LogP contribution in [0.3, 0.4) is 0 Å². The number of nitrogens with zero attached hydrogens (tertiary/aromatic N) is 2.